The molecule has 0 spiro atoms. The summed E-state index contributed by atoms with van der Waals surface area (Å²) in [5.74, 6) is -1.33. The molecule has 4 rings (SSSR count). The van der Waals surface area contributed by atoms with E-state index >= 15 is 0 Å². The van der Waals surface area contributed by atoms with E-state index in [9.17, 15) is 14.4 Å². The molecule has 2 aromatic carbocycles. The molecule has 0 radical (unpaired) electrons. The molecule has 0 atom stereocenters. The zero-order valence-electron chi connectivity index (χ0n) is 18.5. The lowest BCUT2D eigenvalue weighted by Crippen LogP contribution is -2.26. The smallest absolute Gasteiger partial charge is 0.340 e. The quantitative estimate of drug-likeness (QED) is 0.513. The number of aryl methyl sites for hydroxylation is 1. The van der Waals surface area contributed by atoms with Gasteiger partial charge >= 0.3 is 5.97 Å². The average molecular weight is 447 g/mol. The van der Waals surface area contributed by atoms with Gasteiger partial charge in [-0.25, -0.2) is 9.78 Å². The van der Waals surface area contributed by atoms with Crippen molar-refractivity contribution in [1.29, 1.82) is 0 Å². The fraction of sp³-hybridized carbons (Fsp3) is 0.280. The van der Waals surface area contributed by atoms with Crippen molar-refractivity contribution in [3.05, 3.63) is 70.9 Å². The molecule has 8 nitrogen and oxygen atoms in total. The molecule has 0 saturated heterocycles. The summed E-state index contributed by atoms with van der Waals surface area (Å²) >= 11 is 0. The maximum Gasteiger partial charge on any atom is 0.340 e. The number of anilines is 1. The molecular weight excluding hydrogens is 422 g/mol. The zero-order chi connectivity index (χ0) is 23.4. The van der Waals surface area contributed by atoms with E-state index < -0.39 is 18.5 Å². The van der Waals surface area contributed by atoms with E-state index in [0.717, 1.165) is 23.7 Å². The molecule has 1 fully saturated rings. The second kappa shape index (κ2) is 9.79. The van der Waals surface area contributed by atoms with Crippen LogP contribution in [0, 0.1) is 6.92 Å². The highest BCUT2D eigenvalue weighted by molar-refractivity contribution is 6.01. The SMILES string of the molecule is COCc1nc2ccccc2c(C)c1C(=O)OCC(=O)Nc1cccc(C(=O)NC2CC2)c1. The molecule has 33 heavy (non-hydrogen) atoms. The highest BCUT2D eigenvalue weighted by atomic mass is 16.5. The van der Waals surface area contributed by atoms with Gasteiger partial charge < -0.3 is 20.1 Å². The predicted octanol–water partition coefficient (Wildman–Crippen LogP) is 3.38. The number of aromatic nitrogens is 1. The first-order valence-corrected chi connectivity index (χ1v) is 10.7. The van der Waals surface area contributed by atoms with Crippen molar-refractivity contribution in [1.82, 2.24) is 10.3 Å². The minimum atomic E-state index is -0.648. The number of nitrogens with zero attached hydrogens (tertiary/aromatic N) is 1. The topological polar surface area (TPSA) is 107 Å². The maximum atomic E-state index is 12.9. The molecule has 8 heteroatoms. The fourth-order valence-corrected chi connectivity index (χ4v) is 3.59. The van der Waals surface area contributed by atoms with Gasteiger partial charge in [-0.2, -0.15) is 0 Å². The minimum absolute atomic E-state index is 0.137. The molecule has 170 valence electrons. The van der Waals surface area contributed by atoms with E-state index in [2.05, 4.69) is 15.6 Å². The first-order valence-electron chi connectivity index (χ1n) is 10.7. The number of ether oxygens (including phenoxy) is 2. The van der Waals surface area contributed by atoms with Crippen LogP contribution in [0.1, 0.15) is 44.8 Å². The fourth-order valence-electron chi connectivity index (χ4n) is 3.59. The lowest BCUT2D eigenvalue weighted by molar-refractivity contribution is -0.119. The van der Waals surface area contributed by atoms with Gasteiger partial charge in [-0.15, -0.1) is 0 Å². The van der Waals surface area contributed by atoms with Gasteiger partial charge in [-0.1, -0.05) is 24.3 Å². The molecule has 3 aromatic rings. The molecule has 1 aromatic heterocycles. The molecule has 2 amide bonds. The maximum absolute atomic E-state index is 12.9. The standard InChI is InChI=1S/C25H25N3O5/c1-15-19-8-3-4-9-20(19)28-21(13-32-2)23(15)25(31)33-14-22(29)26-18-7-5-6-16(12-18)24(30)27-17-10-11-17/h3-9,12,17H,10-11,13-14H2,1-2H3,(H,26,29)(H,27,30). The van der Waals surface area contributed by atoms with Gasteiger partial charge in [-0.05, 0) is 49.6 Å². The van der Waals surface area contributed by atoms with Crippen LogP contribution in [0.5, 0.6) is 0 Å². The van der Waals surface area contributed by atoms with Gasteiger partial charge in [0, 0.05) is 29.8 Å². The largest absolute Gasteiger partial charge is 0.452 e. The Balaban J connectivity index is 1.43. The van der Waals surface area contributed by atoms with Crippen LogP contribution in [0.2, 0.25) is 0 Å². The van der Waals surface area contributed by atoms with Crippen LogP contribution in [-0.2, 0) is 20.9 Å². The number of esters is 1. The van der Waals surface area contributed by atoms with Crippen LogP contribution in [0.3, 0.4) is 0 Å². The second-order valence-corrected chi connectivity index (χ2v) is 7.96. The first-order chi connectivity index (χ1) is 16.0. The van der Waals surface area contributed by atoms with Crippen molar-refractivity contribution in [2.45, 2.75) is 32.4 Å². The van der Waals surface area contributed by atoms with E-state index in [-0.39, 0.29) is 18.6 Å². The number of hydrogen-bond donors (Lipinski definition) is 2. The highest BCUT2D eigenvalue weighted by Gasteiger charge is 2.24. The summed E-state index contributed by atoms with van der Waals surface area (Å²) in [4.78, 5) is 42.0. The monoisotopic (exact) mass is 447 g/mol. The molecule has 2 N–H and O–H groups in total. The minimum Gasteiger partial charge on any atom is -0.452 e. The summed E-state index contributed by atoms with van der Waals surface area (Å²) in [7, 11) is 1.52. The summed E-state index contributed by atoms with van der Waals surface area (Å²) in [5, 5.41) is 6.39. The van der Waals surface area contributed by atoms with Crippen LogP contribution >= 0.6 is 0 Å². The van der Waals surface area contributed by atoms with E-state index in [4.69, 9.17) is 9.47 Å². The summed E-state index contributed by atoms with van der Waals surface area (Å²) in [6.45, 7) is 1.48. The van der Waals surface area contributed by atoms with E-state index in [1.807, 2.05) is 31.2 Å². The lowest BCUT2D eigenvalue weighted by Gasteiger charge is -2.14. The number of benzene rings is 2. The van der Waals surface area contributed by atoms with Crippen molar-refractivity contribution in [3.63, 3.8) is 0 Å². The number of pyridine rings is 1. The Hall–Kier alpha value is -3.78. The van der Waals surface area contributed by atoms with E-state index in [1.54, 1.807) is 24.3 Å². The van der Waals surface area contributed by atoms with Crippen molar-refractivity contribution < 1.29 is 23.9 Å². The number of carbonyl (C=O) groups excluding carboxylic acids is 3. The highest BCUT2D eigenvalue weighted by Crippen LogP contribution is 2.24. The predicted molar refractivity (Wildman–Crippen MR) is 123 cm³/mol. The van der Waals surface area contributed by atoms with Gasteiger partial charge in [0.05, 0.1) is 23.4 Å². The normalized spacial score (nSPS) is 12.9. The summed E-state index contributed by atoms with van der Waals surface area (Å²) < 4.78 is 10.5. The third-order valence-corrected chi connectivity index (χ3v) is 5.37. The number of para-hydroxylation sites is 1. The number of fused-ring (bicyclic) bond motifs is 1. The van der Waals surface area contributed by atoms with Crippen LogP contribution in [0.25, 0.3) is 10.9 Å². The molecule has 1 aliphatic rings. The van der Waals surface area contributed by atoms with Crippen LogP contribution in [0.15, 0.2) is 48.5 Å². The van der Waals surface area contributed by atoms with Gasteiger partial charge in [0.2, 0.25) is 0 Å². The third-order valence-electron chi connectivity index (χ3n) is 5.37. The van der Waals surface area contributed by atoms with Crippen molar-refractivity contribution in [2.75, 3.05) is 19.0 Å². The molecule has 1 saturated carbocycles. The first kappa shape index (κ1) is 22.4. The average Bonchev–Trinajstić information content (AvgIpc) is 3.62. The van der Waals surface area contributed by atoms with E-state index in [0.29, 0.717) is 28.1 Å². The van der Waals surface area contributed by atoms with E-state index in [1.165, 1.54) is 7.11 Å². The number of rotatable bonds is 8. The Labute approximate surface area is 191 Å². The number of hydrogen-bond acceptors (Lipinski definition) is 6. The summed E-state index contributed by atoms with van der Waals surface area (Å²) in [5.41, 5.74) is 3.12. The molecular formula is C25H25N3O5. The Kier molecular flexibility index (Phi) is 6.65. The van der Waals surface area contributed by atoms with Crippen molar-refractivity contribution in [2.24, 2.45) is 0 Å². The van der Waals surface area contributed by atoms with Crippen LogP contribution in [0.4, 0.5) is 5.69 Å². The van der Waals surface area contributed by atoms with Gasteiger partial charge in [0.15, 0.2) is 6.61 Å². The van der Waals surface area contributed by atoms with Crippen molar-refractivity contribution >= 4 is 34.4 Å². The number of carbonyl (C=O) groups is 3. The Morgan fingerprint density at radius 3 is 2.64 bits per heavy atom. The lowest BCUT2D eigenvalue weighted by atomic mass is 10.0. The van der Waals surface area contributed by atoms with Gasteiger partial charge in [0.25, 0.3) is 11.8 Å². The molecule has 1 aliphatic carbocycles. The Bertz CT molecular complexity index is 1220. The number of amides is 2. The molecule has 1 heterocycles. The van der Waals surface area contributed by atoms with Crippen LogP contribution < -0.4 is 10.6 Å². The molecule has 0 bridgehead atoms. The van der Waals surface area contributed by atoms with Crippen LogP contribution in [-0.4, -0.2) is 42.5 Å². The van der Waals surface area contributed by atoms with Gasteiger partial charge in [-0.3, -0.25) is 9.59 Å². The second-order valence-electron chi connectivity index (χ2n) is 7.96. The zero-order valence-corrected chi connectivity index (χ0v) is 18.5. The summed E-state index contributed by atoms with van der Waals surface area (Å²) in [6, 6.07) is 14.4. The number of nitrogens with one attached hydrogen (secondary N) is 2. The molecule has 0 unspecified atom stereocenters. The van der Waals surface area contributed by atoms with Crippen molar-refractivity contribution in [3.8, 4) is 0 Å². The number of methoxy groups -OCH3 is 1. The molecule has 0 aliphatic heterocycles. The third kappa shape index (κ3) is 5.35. The summed E-state index contributed by atoms with van der Waals surface area (Å²) in [6.07, 6.45) is 1.98. The Morgan fingerprint density at radius 1 is 1.09 bits per heavy atom. The van der Waals surface area contributed by atoms with Gasteiger partial charge in [0.1, 0.15) is 0 Å². The Morgan fingerprint density at radius 2 is 1.88 bits per heavy atom.